The summed E-state index contributed by atoms with van der Waals surface area (Å²) in [6.45, 7) is 11.0. The number of aryl methyl sites for hydroxylation is 1. The lowest BCUT2D eigenvalue weighted by molar-refractivity contribution is 0.0293. The van der Waals surface area contributed by atoms with Gasteiger partial charge in [0.15, 0.2) is 11.6 Å². The van der Waals surface area contributed by atoms with Crippen molar-refractivity contribution in [3.8, 4) is 28.5 Å². The van der Waals surface area contributed by atoms with Crippen molar-refractivity contribution in [2.24, 2.45) is 0 Å². The van der Waals surface area contributed by atoms with Gasteiger partial charge >= 0.3 is 6.09 Å². The van der Waals surface area contributed by atoms with E-state index in [-0.39, 0.29) is 17.9 Å². The van der Waals surface area contributed by atoms with E-state index in [2.05, 4.69) is 46.6 Å². The Morgan fingerprint density at radius 1 is 0.833 bits per heavy atom. The van der Waals surface area contributed by atoms with Gasteiger partial charge in [-0.2, -0.15) is 0 Å². The van der Waals surface area contributed by atoms with Gasteiger partial charge < -0.3 is 30.3 Å². The third-order valence-electron chi connectivity index (χ3n) is 9.81. The van der Waals surface area contributed by atoms with Crippen LogP contribution in [0.4, 0.5) is 16.4 Å². The van der Waals surface area contributed by atoms with Crippen LogP contribution in [-0.4, -0.2) is 86.9 Å². The molecule has 11 heteroatoms. The summed E-state index contributed by atoms with van der Waals surface area (Å²) in [5.74, 6) is 3.17. The van der Waals surface area contributed by atoms with E-state index >= 15 is 0 Å². The van der Waals surface area contributed by atoms with Gasteiger partial charge in [-0.05, 0) is 89.0 Å². The maximum atomic E-state index is 12.4. The molecule has 3 N–H and O–H groups in total. The fourth-order valence-electron chi connectivity index (χ4n) is 6.95. The number of carbonyl (C=O) groups excluding carboxylic acids is 1. The largest absolute Gasteiger partial charge is 0.507 e. The molecule has 4 heterocycles. The van der Waals surface area contributed by atoms with Crippen LogP contribution < -0.4 is 15.5 Å². The number of nitrogens with one attached hydrogen (secondary N) is 2. The summed E-state index contributed by atoms with van der Waals surface area (Å²) in [6.07, 6.45) is 1.68. The number of para-hydroxylation sites is 3. The zero-order chi connectivity index (χ0) is 37.8. The number of rotatable bonds is 6. The van der Waals surface area contributed by atoms with Crippen molar-refractivity contribution in [3.63, 3.8) is 0 Å². The molecule has 0 unspecified atom stereocenters. The van der Waals surface area contributed by atoms with E-state index < -0.39 is 5.60 Å². The minimum Gasteiger partial charge on any atom is -0.507 e. The van der Waals surface area contributed by atoms with E-state index in [4.69, 9.17) is 19.7 Å². The van der Waals surface area contributed by atoms with Crippen LogP contribution in [0.15, 0.2) is 97.1 Å². The summed E-state index contributed by atoms with van der Waals surface area (Å²) in [4.78, 5) is 35.5. The number of ether oxygens (including phenoxy) is 1. The molecule has 6 aromatic rings. The molecule has 2 atom stereocenters. The Hall–Kier alpha value is -5.81. The number of amides is 1. The molecule has 0 saturated carbocycles. The molecule has 0 aliphatic carbocycles. The topological polar surface area (TPSA) is 129 Å². The predicted molar refractivity (Wildman–Crippen MR) is 216 cm³/mol. The van der Waals surface area contributed by atoms with Gasteiger partial charge in [0, 0.05) is 55.1 Å². The van der Waals surface area contributed by atoms with Crippen molar-refractivity contribution >= 4 is 39.5 Å². The third kappa shape index (κ3) is 8.21. The molecule has 0 radical (unpaired) electrons. The number of hydrogen-bond acceptors (Lipinski definition) is 10. The van der Waals surface area contributed by atoms with Gasteiger partial charge in [0.25, 0.3) is 0 Å². The highest BCUT2D eigenvalue weighted by molar-refractivity contribution is 5.92. The molecule has 2 aromatic heterocycles. The van der Waals surface area contributed by atoms with Crippen LogP contribution in [0.5, 0.6) is 5.75 Å². The Morgan fingerprint density at radius 3 is 2.15 bits per heavy atom. The van der Waals surface area contributed by atoms with E-state index in [1.807, 2.05) is 93.6 Å². The highest BCUT2D eigenvalue weighted by Crippen LogP contribution is 2.33. The van der Waals surface area contributed by atoms with Crippen LogP contribution in [0.1, 0.15) is 39.2 Å². The van der Waals surface area contributed by atoms with Crippen molar-refractivity contribution in [1.29, 1.82) is 0 Å². The maximum absolute atomic E-state index is 12.4. The SMILES string of the molecule is CN(c1nc(-c2ccccc2O)nc2ccccc12)[C@H]1CCNC1.Cc1ccccc1-c1nc(N[C@H]2CCN(C(=O)OC(C)(C)C)C2)c2ccccc2n1. The normalized spacial score (nSPS) is 16.9. The second-order valence-corrected chi connectivity index (χ2v) is 14.9. The Balaban J connectivity index is 0.000000171. The highest BCUT2D eigenvalue weighted by atomic mass is 16.6. The molecule has 2 aliphatic rings. The molecular weight excluding hydrogens is 677 g/mol. The van der Waals surface area contributed by atoms with Gasteiger partial charge in [-0.1, -0.05) is 60.7 Å². The van der Waals surface area contributed by atoms with Crippen molar-refractivity contribution < 1.29 is 14.6 Å². The number of aromatic nitrogens is 4. The minimum absolute atomic E-state index is 0.112. The van der Waals surface area contributed by atoms with Crippen LogP contribution in [0, 0.1) is 6.92 Å². The molecule has 1 amide bonds. The molecule has 11 nitrogen and oxygen atoms in total. The maximum Gasteiger partial charge on any atom is 0.410 e. The third-order valence-corrected chi connectivity index (χ3v) is 9.81. The van der Waals surface area contributed by atoms with Gasteiger partial charge in [-0.25, -0.2) is 24.7 Å². The molecule has 0 bridgehead atoms. The van der Waals surface area contributed by atoms with Gasteiger partial charge in [0.2, 0.25) is 0 Å². The average molecular weight is 725 g/mol. The molecule has 2 aliphatic heterocycles. The molecule has 54 heavy (non-hydrogen) atoms. The minimum atomic E-state index is -0.492. The number of likely N-dealkylation sites (N-methyl/N-ethyl adjacent to an activating group) is 1. The second kappa shape index (κ2) is 15.7. The van der Waals surface area contributed by atoms with Gasteiger partial charge in [0.1, 0.15) is 23.0 Å². The molecule has 278 valence electrons. The number of hydrogen-bond donors (Lipinski definition) is 3. The summed E-state index contributed by atoms with van der Waals surface area (Å²) < 4.78 is 5.51. The second-order valence-electron chi connectivity index (χ2n) is 14.9. The first-order valence-corrected chi connectivity index (χ1v) is 18.6. The van der Waals surface area contributed by atoms with E-state index in [9.17, 15) is 9.90 Å². The number of anilines is 2. The Morgan fingerprint density at radius 2 is 1.46 bits per heavy atom. The van der Waals surface area contributed by atoms with Crippen molar-refractivity contribution in [1.82, 2.24) is 30.2 Å². The average Bonchev–Trinajstić information content (AvgIpc) is 3.88. The number of likely N-dealkylation sites (tertiary alicyclic amines) is 1. The van der Waals surface area contributed by atoms with Crippen molar-refractivity contribution in [3.05, 3.63) is 103 Å². The van der Waals surface area contributed by atoms with Crippen LogP contribution in [0.25, 0.3) is 44.6 Å². The standard InChI is InChI=1S/C24H28N4O2.C19H20N4O/c1-16-9-5-6-10-18(16)21-26-20-12-8-7-11-19(20)22(27-21)25-17-13-14-28(15-17)23(29)30-24(2,3)4;1-23(13-10-11-20-12-13)19-14-6-2-4-8-16(14)21-18(22-19)15-7-3-5-9-17(15)24/h5-12,17H,13-15H2,1-4H3,(H,25,26,27);2-9,13,20,24H,10-12H2,1H3/t17-;13-/m00/s1. The lowest BCUT2D eigenvalue weighted by atomic mass is 10.1. The molecule has 0 spiro atoms. The Bertz CT molecular complexity index is 2270. The Kier molecular flexibility index (Phi) is 10.6. The van der Waals surface area contributed by atoms with Crippen molar-refractivity contribution in [2.45, 2.75) is 58.2 Å². The summed E-state index contributed by atoms with van der Waals surface area (Å²) in [7, 11) is 2.08. The lowest BCUT2D eigenvalue weighted by Gasteiger charge is -2.26. The first-order chi connectivity index (χ1) is 26.0. The summed E-state index contributed by atoms with van der Waals surface area (Å²) >= 11 is 0. The molecule has 2 saturated heterocycles. The smallest absolute Gasteiger partial charge is 0.410 e. The zero-order valence-electron chi connectivity index (χ0n) is 31.6. The molecule has 4 aromatic carbocycles. The first-order valence-electron chi connectivity index (χ1n) is 18.6. The summed E-state index contributed by atoms with van der Waals surface area (Å²) in [5.41, 5.74) is 4.11. The zero-order valence-corrected chi connectivity index (χ0v) is 31.6. The van der Waals surface area contributed by atoms with E-state index in [1.165, 1.54) is 0 Å². The number of fused-ring (bicyclic) bond motifs is 2. The van der Waals surface area contributed by atoms with Crippen LogP contribution in [0.2, 0.25) is 0 Å². The Labute approximate surface area is 316 Å². The fourth-order valence-corrected chi connectivity index (χ4v) is 6.95. The van der Waals surface area contributed by atoms with E-state index in [1.54, 1.807) is 17.0 Å². The first kappa shape index (κ1) is 36.5. The van der Waals surface area contributed by atoms with Crippen LogP contribution in [0.3, 0.4) is 0 Å². The molecule has 8 rings (SSSR count). The number of phenolic OH excluding ortho intramolecular Hbond substituents is 1. The van der Waals surface area contributed by atoms with Crippen molar-refractivity contribution in [2.75, 3.05) is 43.4 Å². The van der Waals surface area contributed by atoms with E-state index in [0.29, 0.717) is 36.3 Å². The number of phenols is 1. The van der Waals surface area contributed by atoms with Crippen LogP contribution in [-0.2, 0) is 4.74 Å². The summed E-state index contributed by atoms with van der Waals surface area (Å²) in [5, 5.41) is 19.1. The number of nitrogens with zero attached hydrogens (tertiary/aromatic N) is 6. The fraction of sp³-hybridized carbons (Fsp3) is 0.326. The van der Waals surface area contributed by atoms with Gasteiger partial charge in [0.05, 0.1) is 16.6 Å². The summed E-state index contributed by atoms with van der Waals surface area (Å²) in [6, 6.07) is 31.9. The van der Waals surface area contributed by atoms with Gasteiger partial charge in [-0.3, -0.25) is 0 Å². The quantitative estimate of drug-likeness (QED) is 0.156. The lowest BCUT2D eigenvalue weighted by Crippen LogP contribution is -2.36. The number of benzene rings is 4. The van der Waals surface area contributed by atoms with E-state index in [0.717, 1.165) is 70.5 Å². The predicted octanol–water partition coefficient (Wildman–Crippen LogP) is 7.83. The molecular formula is C43H48N8O3. The number of carbonyl (C=O) groups is 1. The van der Waals surface area contributed by atoms with Crippen LogP contribution >= 0.6 is 0 Å². The number of aromatic hydroxyl groups is 1. The molecule has 2 fully saturated rings. The monoisotopic (exact) mass is 724 g/mol. The highest BCUT2D eigenvalue weighted by Gasteiger charge is 2.30. The van der Waals surface area contributed by atoms with Gasteiger partial charge in [-0.15, -0.1) is 0 Å².